The summed E-state index contributed by atoms with van der Waals surface area (Å²) in [6, 6.07) is 9.09. The molecule has 6 heteroatoms. The number of hydrogen-bond donors (Lipinski definition) is 0. The van der Waals surface area contributed by atoms with E-state index in [-0.39, 0.29) is 0 Å². The van der Waals surface area contributed by atoms with Crippen LogP contribution in [-0.4, -0.2) is 45.9 Å². The highest BCUT2D eigenvalue weighted by Crippen LogP contribution is 2.48. The van der Waals surface area contributed by atoms with Gasteiger partial charge in [0, 0.05) is 13.7 Å². The molecule has 0 aliphatic rings. The van der Waals surface area contributed by atoms with Gasteiger partial charge in [-0.3, -0.25) is 13.6 Å². The van der Waals surface area contributed by atoms with Crippen molar-refractivity contribution < 1.29 is 18.1 Å². The van der Waals surface area contributed by atoms with Crippen LogP contribution in [0.2, 0.25) is 0 Å². The Kier molecular flexibility index (Phi) is 13.7. The van der Waals surface area contributed by atoms with Gasteiger partial charge in [0.15, 0.2) is 0 Å². The molecule has 1 aromatic carbocycles. The summed E-state index contributed by atoms with van der Waals surface area (Å²) in [6.07, 6.45) is 10.4. The summed E-state index contributed by atoms with van der Waals surface area (Å²) in [5.74, 6) is 0. The molecule has 0 saturated carbocycles. The Bertz CT molecular complexity index is 548. The van der Waals surface area contributed by atoms with Crippen LogP contribution in [0, 0.1) is 0 Å². The molecule has 0 amide bonds. The van der Waals surface area contributed by atoms with Crippen molar-refractivity contribution in [1.29, 1.82) is 0 Å². The Hall–Kier alpha value is -0.710. The van der Waals surface area contributed by atoms with E-state index in [0.29, 0.717) is 19.8 Å². The number of unbranched alkanes of at least 4 members (excludes halogenated alkanes) is 5. The zero-order valence-electron chi connectivity index (χ0n) is 18.3. The number of likely N-dealkylation sites (N-methyl/N-ethyl adjacent to an activating group) is 1. The lowest BCUT2D eigenvalue weighted by Gasteiger charge is -2.17. The quantitative estimate of drug-likeness (QED) is 0.236. The van der Waals surface area contributed by atoms with Gasteiger partial charge in [-0.25, -0.2) is 4.57 Å². The number of benzene rings is 1. The minimum absolute atomic E-state index is 0.329. The molecule has 0 aromatic heterocycles. The van der Waals surface area contributed by atoms with Crippen molar-refractivity contribution >= 4 is 7.82 Å². The predicted octanol–water partition coefficient (Wildman–Crippen LogP) is 5.87. The number of aryl methyl sites for hydroxylation is 2. The normalized spacial score (nSPS) is 13.8. The molecule has 0 N–H and O–H groups in total. The largest absolute Gasteiger partial charge is 0.474 e. The average Bonchev–Trinajstić information content (AvgIpc) is 2.68. The second-order valence-electron chi connectivity index (χ2n) is 7.54. The van der Waals surface area contributed by atoms with E-state index in [1.165, 1.54) is 43.9 Å². The zero-order valence-corrected chi connectivity index (χ0v) is 19.2. The van der Waals surface area contributed by atoms with Gasteiger partial charge >= 0.3 is 7.82 Å². The third kappa shape index (κ3) is 12.0. The molecule has 0 bridgehead atoms. The molecule has 0 saturated heterocycles. The summed E-state index contributed by atoms with van der Waals surface area (Å²) in [7, 11) is 1.83. The van der Waals surface area contributed by atoms with Crippen LogP contribution in [0.3, 0.4) is 0 Å². The van der Waals surface area contributed by atoms with Crippen molar-refractivity contribution in [2.75, 3.05) is 41.0 Å². The lowest BCUT2D eigenvalue weighted by Crippen LogP contribution is -2.18. The lowest BCUT2D eigenvalue weighted by molar-refractivity contribution is 0.122. The van der Waals surface area contributed by atoms with Gasteiger partial charge in [0.25, 0.3) is 0 Å². The van der Waals surface area contributed by atoms with Crippen LogP contribution in [0.4, 0.5) is 0 Å². The highest BCUT2D eigenvalue weighted by atomic mass is 31.2. The first-order valence-electron chi connectivity index (χ1n) is 10.7. The molecule has 1 unspecified atom stereocenters. The molecule has 0 radical (unpaired) electrons. The van der Waals surface area contributed by atoms with Gasteiger partial charge in [0.05, 0.1) is 13.2 Å². The fraction of sp³-hybridized carbons (Fsp3) is 0.727. The molecular weight excluding hydrogens is 373 g/mol. The van der Waals surface area contributed by atoms with Gasteiger partial charge in [-0.05, 0) is 57.3 Å². The molecule has 28 heavy (non-hydrogen) atoms. The Morgan fingerprint density at radius 3 is 1.89 bits per heavy atom. The van der Waals surface area contributed by atoms with Crippen LogP contribution >= 0.6 is 7.82 Å². The van der Waals surface area contributed by atoms with Crippen molar-refractivity contribution in [2.45, 2.75) is 64.7 Å². The Balaban J connectivity index is 2.11. The van der Waals surface area contributed by atoms with Crippen molar-refractivity contribution in [3.05, 3.63) is 35.4 Å². The summed E-state index contributed by atoms with van der Waals surface area (Å²) in [6.45, 7) is 3.65. The first-order valence-corrected chi connectivity index (χ1v) is 12.1. The fourth-order valence-electron chi connectivity index (χ4n) is 2.89. The smallest absolute Gasteiger partial charge is 0.307 e. The minimum atomic E-state index is -3.40. The van der Waals surface area contributed by atoms with Gasteiger partial charge in [-0.2, -0.15) is 0 Å². The third-order valence-electron chi connectivity index (χ3n) is 4.71. The predicted molar refractivity (Wildman–Crippen MR) is 117 cm³/mol. The maximum Gasteiger partial charge on any atom is 0.474 e. The van der Waals surface area contributed by atoms with Gasteiger partial charge in [0.1, 0.15) is 0 Å². The molecule has 0 heterocycles. The van der Waals surface area contributed by atoms with Crippen molar-refractivity contribution in [1.82, 2.24) is 4.90 Å². The fourth-order valence-corrected chi connectivity index (χ4v) is 3.83. The Labute approximate surface area is 172 Å². The van der Waals surface area contributed by atoms with E-state index in [4.69, 9.17) is 13.6 Å². The van der Waals surface area contributed by atoms with Crippen LogP contribution in [0.25, 0.3) is 0 Å². The summed E-state index contributed by atoms with van der Waals surface area (Å²) < 4.78 is 27.9. The Morgan fingerprint density at radius 2 is 1.36 bits per heavy atom. The van der Waals surface area contributed by atoms with Gasteiger partial charge in [0.2, 0.25) is 0 Å². The highest BCUT2D eigenvalue weighted by molar-refractivity contribution is 7.48. The summed E-state index contributed by atoms with van der Waals surface area (Å²) in [5, 5.41) is 0. The van der Waals surface area contributed by atoms with E-state index in [2.05, 4.69) is 31.2 Å². The van der Waals surface area contributed by atoms with E-state index in [0.717, 1.165) is 32.1 Å². The highest BCUT2D eigenvalue weighted by Gasteiger charge is 2.24. The van der Waals surface area contributed by atoms with Crippen LogP contribution in [0.1, 0.15) is 63.0 Å². The summed E-state index contributed by atoms with van der Waals surface area (Å²) in [5.41, 5.74) is 2.86. The average molecular weight is 414 g/mol. The Morgan fingerprint density at radius 1 is 0.821 bits per heavy atom. The number of hydrogen-bond acceptors (Lipinski definition) is 5. The first-order chi connectivity index (χ1) is 13.5. The monoisotopic (exact) mass is 413 g/mol. The number of rotatable bonds is 17. The second kappa shape index (κ2) is 15.2. The molecular formula is C22H40NO4P. The molecule has 0 fully saturated rings. The molecule has 1 aromatic rings. The SMILES string of the molecule is CCCCCc1ccc(CCCCCCOP(=O)(OC)OCCN(C)C)cc1. The van der Waals surface area contributed by atoms with E-state index < -0.39 is 7.82 Å². The molecule has 0 aliphatic heterocycles. The molecule has 0 aliphatic carbocycles. The van der Waals surface area contributed by atoms with E-state index in [9.17, 15) is 4.57 Å². The molecule has 0 spiro atoms. The second-order valence-corrected chi connectivity index (χ2v) is 9.31. The van der Waals surface area contributed by atoms with Crippen LogP contribution in [0.15, 0.2) is 24.3 Å². The van der Waals surface area contributed by atoms with Gasteiger partial charge < -0.3 is 4.90 Å². The van der Waals surface area contributed by atoms with Crippen LogP contribution < -0.4 is 0 Å². The standard InChI is InChI=1S/C22H40NO4P/c1-5-6-9-12-21-14-16-22(17-15-21)13-10-7-8-11-19-26-28(24,25-4)27-20-18-23(2)3/h14-17H,5-13,18-20H2,1-4H3. The minimum Gasteiger partial charge on any atom is -0.307 e. The third-order valence-corrected chi connectivity index (χ3v) is 6.16. The zero-order chi connectivity index (χ0) is 20.7. The maximum atomic E-state index is 12.3. The number of nitrogens with zero attached hydrogens (tertiary/aromatic N) is 1. The topological polar surface area (TPSA) is 48.0 Å². The van der Waals surface area contributed by atoms with Crippen LogP contribution in [-0.2, 0) is 31.0 Å². The van der Waals surface area contributed by atoms with Gasteiger partial charge in [-0.15, -0.1) is 0 Å². The number of phosphoric ester groups is 1. The van der Waals surface area contributed by atoms with Crippen molar-refractivity contribution in [3.8, 4) is 0 Å². The summed E-state index contributed by atoms with van der Waals surface area (Å²) in [4.78, 5) is 1.96. The van der Waals surface area contributed by atoms with Crippen molar-refractivity contribution in [2.24, 2.45) is 0 Å². The van der Waals surface area contributed by atoms with E-state index >= 15 is 0 Å². The van der Waals surface area contributed by atoms with Gasteiger partial charge in [-0.1, -0.05) is 56.9 Å². The summed E-state index contributed by atoms with van der Waals surface area (Å²) >= 11 is 0. The maximum absolute atomic E-state index is 12.3. The van der Waals surface area contributed by atoms with E-state index in [1.807, 2.05) is 19.0 Å². The van der Waals surface area contributed by atoms with Crippen LogP contribution in [0.5, 0.6) is 0 Å². The van der Waals surface area contributed by atoms with E-state index in [1.54, 1.807) is 0 Å². The first kappa shape index (κ1) is 25.3. The lowest BCUT2D eigenvalue weighted by atomic mass is 10.0. The number of phosphoric acid groups is 1. The molecule has 5 nitrogen and oxygen atoms in total. The molecule has 1 atom stereocenters. The molecule has 162 valence electrons. The van der Waals surface area contributed by atoms with Crippen molar-refractivity contribution in [3.63, 3.8) is 0 Å². The molecule has 1 rings (SSSR count).